The van der Waals surface area contributed by atoms with Crippen LogP contribution in [-0.2, 0) is 0 Å². The van der Waals surface area contributed by atoms with Crippen molar-refractivity contribution in [1.82, 2.24) is 0 Å². The number of fused-ring (bicyclic) bond motifs is 6. The minimum absolute atomic E-state index is 0.696. The maximum absolute atomic E-state index is 6.32. The summed E-state index contributed by atoms with van der Waals surface area (Å²) in [7, 11) is 0. The predicted octanol–water partition coefficient (Wildman–Crippen LogP) is 23.7. The molecule has 0 saturated heterocycles. The van der Waals surface area contributed by atoms with Gasteiger partial charge in [0, 0.05) is 33.5 Å². The highest BCUT2D eigenvalue weighted by atomic mass is 16.5. The molecule has 442 valence electrons. The fraction of sp³-hybridized carbons (Fsp3) is 0.244. The van der Waals surface area contributed by atoms with Crippen molar-refractivity contribution in [3.63, 3.8) is 0 Å². The first-order chi connectivity index (χ1) is 43.2. The highest BCUT2D eigenvalue weighted by Crippen LogP contribution is 2.58. The summed E-state index contributed by atoms with van der Waals surface area (Å²) in [5, 5.41) is 14.9. The van der Waals surface area contributed by atoms with E-state index in [-0.39, 0.29) is 0 Å². The lowest BCUT2D eigenvalue weighted by Gasteiger charge is -2.30. The highest BCUT2D eigenvalue weighted by Gasteiger charge is 2.31. The Hall–Kier alpha value is -9.26. The molecule has 0 spiro atoms. The minimum atomic E-state index is 0.696. The summed E-state index contributed by atoms with van der Waals surface area (Å²) in [4.78, 5) is 4.95. The maximum atomic E-state index is 6.32. The van der Waals surface area contributed by atoms with Crippen LogP contribution in [0.5, 0.6) is 23.0 Å². The number of unbranched alkanes of at least 4 members (excludes halogenated alkanes) is 4. The number of ether oxygens (including phenoxy) is 4. The van der Waals surface area contributed by atoms with E-state index in [1.165, 1.54) is 86.9 Å². The van der Waals surface area contributed by atoms with E-state index in [9.17, 15) is 0 Å². The van der Waals surface area contributed by atoms with Crippen LogP contribution in [0.4, 0.5) is 34.1 Å². The van der Waals surface area contributed by atoms with Gasteiger partial charge >= 0.3 is 0 Å². The third-order valence-electron chi connectivity index (χ3n) is 17.9. The molecule has 13 aromatic carbocycles. The van der Waals surface area contributed by atoms with Gasteiger partial charge in [0.1, 0.15) is 23.0 Å². The Morgan fingerprint density at radius 2 is 0.534 bits per heavy atom. The zero-order valence-corrected chi connectivity index (χ0v) is 52.5. The van der Waals surface area contributed by atoms with E-state index in [1.54, 1.807) is 0 Å². The molecule has 0 aliphatic carbocycles. The van der Waals surface area contributed by atoms with Crippen molar-refractivity contribution in [3.8, 4) is 45.3 Å². The van der Waals surface area contributed by atoms with Gasteiger partial charge in [-0.15, -0.1) is 0 Å². The molecule has 6 nitrogen and oxygen atoms in total. The smallest absolute Gasteiger partial charge is 0.119 e. The van der Waals surface area contributed by atoms with Crippen molar-refractivity contribution in [3.05, 3.63) is 216 Å². The molecule has 0 aliphatic rings. The minimum Gasteiger partial charge on any atom is -0.494 e. The van der Waals surface area contributed by atoms with Crippen LogP contribution in [0.15, 0.2) is 194 Å². The lowest BCUT2D eigenvalue weighted by atomic mass is 9.87. The third kappa shape index (κ3) is 10.5. The normalized spacial score (nSPS) is 11.7. The molecule has 6 heteroatoms. The summed E-state index contributed by atoms with van der Waals surface area (Å²) in [6.07, 6.45) is 8.40. The molecule has 0 fully saturated rings. The van der Waals surface area contributed by atoms with Crippen molar-refractivity contribution in [1.29, 1.82) is 0 Å². The van der Waals surface area contributed by atoms with E-state index < -0.39 is 0 Å². The maximum Gasteiger partial charge on any atom is 0.119 e. The van der Waals surface area contributed by atoms with Crippen molar-refractivity contribution in [2.24, 2.45) is 0 Å². The molecule has 0 saturated carbocycles. The van der Waals surface area contributed by atoms with Gasteiger partial charge in [0.2, 0.25) is 0 Å². The van der Waals surface area contributed by atoms with Gasteiger partial charge in [-0.3, -0.25) is 0 Å². The van der Waals surface area contributed by atoms with E-state index in [0.29, 0.717) is 26.4 Å². The molecule has 13 rings (SSSR count). The average molecular weight is 1160 g/mol. The van der Waals surface area contributed by atoms with Gasteiger partial charge < -0.3 is 28.7 Å². The summed E-state index contributed by atoms with van der Waals surface area (Å²) in [6, 6.07) is 72.4. The molecule has 0 unspecified atom stereocenters. The van der Waals surface area contributed by atoms with Crippen LogP contribution in [0.2, 0.25) is 0 Å². The van der Waals surface area contributed by atoms with Gasteiger partial charge in [-0.2, -0.15) is 0 Å². The molecular weight excluding hydrogens is 1080 g/mol. The van der Waals surface area contributed by atoms with Crippen molar-refractivity contribution < 1.29 is 18.9 Å². The van der Waals surface area contributed by atoms with Crippen LogP contribution < -0.4 is 28.7 Å². The van der Waals surface area contributed by atoms with Crippen LogP contribution in [0.3, 0.4) is 0 Å². The van der Waals surface area contributed by atoms with Crippen LogP contribution >= 0.6 is 0 Å². The van der Waals surface area contributed by atoms with E-state index in [0.717, 1.165) is 131 Å². The molecule has 0 radical (unpaired) electrons. The van der Waals surface area contributed by atoms with Gasteiger partial charge in [0.15, 0.2) is 0 Å². The monoisotopic (exact) mass is 1160 g/mol. The number of nitrogens with zero attached hydrogens (tertiary/aromatic N) is 2. The SMILES string of the molecule is CCCCOc1ccc(N(c2ccc(OCCCC)cc2C)c2ccc3c4c(-c5ccccc5)c5c6ccc(N(c7ccc(OCCCC)cc7C)c7ccc(OCCCC)cc7C)c7cccc(c5c(-c5ccccc5)c4c4cccc2c43)c76)c(C)c1. The van der Waals surface area contributed by atoms with Crippen LogP contribution in [0, 0.1) is 27.7 Å². The van der Waals surface area contributed by atoms with Crippen molar-refractivity contribution >= 4 is 98.8 Å². The molecule has 0 bridgehead atoms. The van der Waals surface area contributed by atoms with Crippen LogP contribution in [0.25, 0.3) is 86.9 Å². The highest BCUT2D eigenvalue weighted by molar-refractivity contribution is 6.47. The summed E-state index contributed by atoms with van der Waals surface area (Å²) in [5.41, 5.74) is 16.1. The molecule has 13 aromatic rings. The number of benzene rings is 11. The van der Waals surface area contributed by atoms with Gasteiger partial charge in [0.25, 0.3) is 0 Å². The molecule has 0 N–H and O–H groups in total. The zero-order chi connectivity index (χ0) is 60.4. The molecule has 88 heavy (non-hydrogen) atoms. The van der Waals surface area contributed by atoms with Crippen LogP contribution in [0.1, 0.15) is 101 Å². The molecule has 0 heterocycles. The predicted molar refractivity (Wildman–Crippen MR) is 375 cm³/mol. The Morgan fingerprint density at radius 1 is 0.261 bits per heavy atom. The van der Waals surface area contributed by atoms with Gasteiger partial charge in [-0.05, 0) is 237 Å². The lowest BCUT2D eigenvalue weighted by Crippen LogP contribution is -2.13. The Bertz CT molecular complexity index is 4160. The summed E-state index contributed by atoms with van der Waals surface area (Å²) >= 11 is 0. The Morgan fingerprint density at radius 3 is 0.818 bits per heavy atom. The van der Waals surface area contributed by atoms with Gasteiger partial charge in [0.05, 0.1) is 37.8 Å². The molecule has 0 aliphatic heterocycles. The van der Waals surface area contributed by atoms with Crippen LogP contribution in [-0.4, -0.2) is 26.4 Å². The van der Waals surface area contributed by atoms with Gasteiger partial charge in [-0.25, -0.2) is 0 Å². The van der Waals surface area contributed by atoms with Gasteiger partial charge in [-0.1, -0.05) is 163 Å². The number of hydrogen-bond acceptors (Lipinski definition) is 6. The Balaban J connectivity index is 1.09. The summed E-state index contributed by atoms with van der Waals surface area (Å²) in [6.45, 7) is 20.5. The number of anilines is 6. The van der Waals surface area contributed by atoms with E-state index in [2.05, 4.69) is 259 Å². The Kier molecular flexibility index (Phi) is 16.6. The molecule has 0 amide bonds. The molecular formula is C82H80N2O4. The molecule has 0 atom stereocenters. The summed E-state index contributed by atoms with van der Waals surface area (Å²) in [5.74, 6) is 3.57. The summed E-state index contributed by atoms with van der Waals surface area (Å²) < 4.78 is 25.3. The third-order valence-corrected chi connectivity index (χ3v) is 17.9. The fourth-order valence-electron chi connectivity index (χ4n) is 13.6. The first kappa shape index (κ1) is 57.8. The number of rotatable bonds is 24. The second-order valence-electron chi connectivity index (χ2n) is 24.0. The largest absolute Gasteiger partial charge is 0.494 e. The van der Waals surface area contributed by atoms with E-state index in [4.69, 9.17) is 18.9 Å². The molecule has 0 aromatic heterocycles. The zero-order valence-electron chi connectivity index (χ0n) is 52.5. The van der Waals surface area contributed by atoms with E-state index in [1.807, 2.05) is 0 Å². The topological polar surface area (TPSA) is 43.4 Å². The Labute approximate surface area is 519 Å². The second kappa shape index (κ2) is 25.2. The standard InChI is InChI=1S/C82H80N2O4/c1-9-13-45-85-59-33-39-69(53(5)49-59)83(70-40-34-60(50-54(70)6)86-46-14-10-2)73-43-37-67-77-63(73)29-23-31-65(77)79-75(57-25-19-17-20-26-57)80-66-32-24-30-64-74(44-38-68(78(64)66)82(80)76(81(67)79)58-27-21-18-22-28-58)84(71-41-35-61(51-55(71)7)87-47-15-11-3)72-42-36-62(52-56(72)8)88-48-16-12-4/h17-44,49-52H,9-16,45-48H2,1-8H3. The first-order valence-corrected chi connectivity index (χ1v) is 32.2. The second-order valence-corrected chi connectivity index (χ2v) is 24.0. The number of hydrogen-bond donors (Lipinski definition) is 0. The fourth-order valence-corrected chi connectivity index (χ4v) is 13.6. The lowest BCUT2D eigenvalue weighted by molar-refractivity contribution is 0.309. The quantitative estimate of drug-likeness (QED) is 0.0562. The van der Waals surface area contributed by atoms with Crippen molar-refractivity contribution in [2.45, 2.75) is 107 Å². The number of aryl methyl sites for hydroxylation is 4. The van der Waals surface area contributed by atoms with E-state index >= 15 is 0 Å². The van der Waals surface area contributed by atoms with Crippen molar-refractivity contribution in [2.75, 3.05) is 36.2 Å². The first-order valence-electron chi connectivity index (χ1n) is 32.2. The average Bonchev–Trinajstić information content (AvgIpc) is 1.56.